The summed E-state index contributed by atoms with van der Waals surface area (Å²) in [4.78, 5) is 15.6. The Balaban J connectivity index is 1.48. The number of sulfonamides is 1. The SMILES string of the molecule is CCN(CC)c1ccc(/C=N/NC(=O)C[NH+]2CCN(S(=O)(=O)c3ccc(Br)cc3)CC2)c([O-])c1. The number of amides is 1. The monoisotopic (exact) mass is 551 g/mol. The minimum Gasteiger partial charge on any atom is -0.872 e. The van der Waals surface area contributed by atoms with Gasteiger partial charge in [0.05, 0.1) is 37.3 Å². The van der Waals surface area contributed by atoms with E-state index in [0.29, 0.717) is 31.7 Å². The Hall–Kier alpha value is -2.47. The van der Waals surface area contributed by atoms with Gasteiger partial charge in [-0.2, -0.15) is 9.41 Å². The van der Waals surface area contributed by atoms with Gasteiger partial charge in [-0.15, -0.1) is 0 Å². The van der Waals surface area contributed by atoms with Crippen LogP contribution in [0.1, 0.15) is 19.4 Å². The predicted octanol–water partition coefficient (Wildman–Crippen LogP) is 0.408. The molecule has 0 aliphatic carbocycles. The normalized spacial score (nSPS) is 15.5. The van der Waals surface area contributed by atoms with E-state index in [-0.39, 0.29) is 23.1 Å². The van der Waals surface area contributed by atoms with Gasteiger partial charge in [-0.25, -0.2) is 13.8 Å². The van der Waals surface area contributed by atoms with Crippen molar-refractivity contribution in [2.45, 2.75) is 18.7 Å². The molecule has 184 valence electrons. The summed E-state index contributed by atoms with van der Waals surface area (Å²) in [6.45, 7) is 7.57. The number of hydrogen-bond donors (Lipinski definition) is 2. The van der Waals surface area contributed by atoms with E-state index in [0.717, 1.165) is 28.1 Å². The van der Waals surface area contributed by atoms with Crippen molar-refractivity contribution in [3.63, 3.8) is 0 Å². The first-order valence-electron chi connectivity index (χ1n) is 11.2. The number of hydrogen-bond acceptors (Lipinski definition) is 6. The van der Waals surface area contributed by atoms with Gasteiger partial charge in [-0.05, 0) is 55.8 Å². The third-order valence-corrected chi connectivity index (χ3v) is 8.25. The number of rotatable bonds is 9. The van der Waals surface area contributed by atoms with E-state index in [1.807, 2.05) is 19.9 Å². The number of quaternary nitrogens is 1. The second-order valence-electron chi connectivity index (χ2n) is 7.97. The lowest BCUT2D eigenvalue weighted by atomic mass is 10.2. The quantitative estimate of drug-likeness (QED) is 0.346. The Labute approximate surface area is 209 Å². The van der Waals surface area contributed by atoms with Crippen LogP contribution >= 0.6 is 15.9 Å². The molecule has 0 radical (unpaired) electrons. The molecule has 2 aromatic rings. The number of carbonyl (C=O) groups is 1. The fourth-order valence-electron chi connectivity index (χ4n) is 3.83. The molecular weight excluding hydrogens is 522 g/mol. The second kappa shape index (κ2) is 11.8. The molecule has 9 nitrogen and oxygen atoms in total. The molecule has 0 aromatic heterocycles. The Kier molecular flexibility index (Phi) is 9.06. The van der Waals surface area contributed by atoms with Gasteiger partial charge in [0.25, 0.3) is 5.91 Å². The van der Waals surface area contributed by atoms with Crippen molar-refractivity contribution in [1.82, 2.24) is 9.73 Å². The van der Waals surface area contributed by atoms with Crippen molar-refractivity contribution in [3.8, 4) is 5.75 Å². The van der Waals surface area contributed by atoms with Gasteiger partial charge >= 0.3 is 0 Å². The smallest absolute Gasteiger partial charge is 0.295 e. The highest BCUT2D eigenvalue weighted by Gasteiger charge is 2.31. The van der Waals surface area contributed by atoms with Crippen LogP contribution in [-0.4, -0.2) is 70.7 Å². The number of carbonyl (C=O) groups excluding carboxylic acids is 1. The maximum absolute atomic E-state index is 12.8. The summed E-state index contributed by atoms with van der Waals surface area (Å²) in [5.74, 6) is -0.446. The van der Waals surface area contributed by atoms with E-state index in [1.54, 1.807) is 36.4 Å². The number of nitrogens with zero attached hydrogens (tertiary/aromatic N) is 3. The fraction of sp³-hybridized carbons (Fsp3) is 0.391. The minimum absolute atomic E-state index is 0.156. The molecule has 1 saturated heterocycles. The lowest BCUT2D eigenvalue weighted by Gasteiger charge is -2.31. The zero-order valence-corrected chi connectivity index (χ0v) is 21.7. The minimum atomic E-state index is -3.55. The summed E-state index contributed by atoms with van der Waals surface area (Å²) in [6.07, 6.45) is 1.35. The summed E-state index contributed by atoms with van der Waals surface area (Å²) in [6, 6.07) is 11.7. The molecular formula is C23H30BrN5O4S. The molecule has 2 aromatic carbocycles. The Bertz CT molecular complexity index is 1110. The van der Waals surface area contributed by atoms with Crippen LogP contribution in [0.15, 0.2) is 56.9 Å². The highest BCUT2D eigenvalue weighted by Crippen LogP contribution is 2.21. The van der Waals surface area contributed by atoms with E-state index < -0.39 is 10.0 Å². The van der Waals surface area contributed by atoms with Gasteiger partial charge in [0, 0.05) is 23.2 Å². The molecule has 3 rings (SSSR count). The topological polar surface area (TPSA) is 110 Å². The van der Waals surface area contributed by atoms with Gasteiger partial charge in [0.2, 0.25) is 10.0 Å². The molecule has 1 heterocycles. The fourth-order valence-corrected chi connectivity index (χ4v) is 5.54. The molecule has 0 spiro atoms. The third-order valence-electron chi connectivity index (χ3n) is 5.81. The van der Waals surface area contributed by atoms with E-state index in [1.165, 1.54) is 10.5 Å². The number of benzene rings is 2. The van der Waals surface area contributed by atoms with E-state index in [2.05, 4.69) is 31.4 Å². The molecule has 2 N–H and O–H groups in total. The Morgan fingerprint density at radius 1 is 1.18 bits per heavy atom. The van der Waals surface area contributed by atoms with E-state index >= 15 is 0 Å². The van der Waals surface area contributed by atoms with Gasteiger partial charge in [0.15, 0.2) is 6.54 Å². The molecule has 1 amide bonds. The maximum Gasteiger partial charge on any atom is 0.295 e. The van der Waals surface area contributed by atoms with Crippen LogP contribution in [-0.2, 0) is 14.8 Å². The van der Waals surface area contributed by atoms with Crippen LogP contribution < -0.4 is 20.3 Å². The summed E-state index contributed by atoms with van der Waals surface area (Å²) >= 11 is 3.31. The molecule has 34 heavy (non-hydrogen) atoms. The third kappa shape index (κ3) is 6.56. The van der Waals surface area contributed by atoms with Crippen molar-refractivity contribution < 1.29 is 23.2 Å². The van der Waals surface area contributed by atoms with Crippen LogP contribution in [0.4, 0.5) is 5.69 Å². The van der Waals surface area contributed by atoms with Crippen molar-refractivity contribution in [2.75, 3.05) is 50.7 Å². The van der Waals surface area contributed by atoms with Gasteiger partial charge < -0.3 is 14.9 Å². The predicted molar refractivity (Wildman–Crippen MR) is 134 cm³/mol. The van der Waals surface area contributed by atoms with Crippen molar-refractivity contribution >= 4 is 43.8 Å². The standard InChI is InChI=1S/C23H30BrN5O4S/c1-3-28(4-2)20-8-5-18(22(30)15-20)16-25-26-23(31)17-27-11-13-29(14-12-27)34(32,33)21-9-6-19(24)7-10-21/h5-10,15-16,30H,3-4,11-14,17H2,1-2H3,(H,26,31)/b25-16+. The first-order valence-corrected chi connectivity index (χ1v) is 13.4. The largest absolute Gasteiger partial charge is 0.872 e. The van der Waals surface area contributed by atoms with Crippen molar-refractivity contribution in [2.24, 2.45) is 5.10 Å². The van der Waals surface area contributed by atoms with E-state index in [4.69, 9.17) is 0 Å². The molecule has 1 aliphatic heterocycles. The lowest BCUT2D eigenvalue weighted by Crippen LogP contribution is -3.15. The van der Waals surface area contributed by atoms with Crippen molar-refractivity contribution in [3.05, 3.63) is 52.5 Å². The zero-order valence-electron chi connectivity index (χ0n) is 19.3. The molecule has 0 saturated carbocycles. The Morgan fingerprint density at radius 3 is 2.41 bits per heavy atom. The van der Waals surface area contributed by atoms with Gasteiger partial charge in [-0.3, -0.25) is 4.79 Å². The number of nitrogens with one attached hydrogen (secondary N) is 2. The molecule has 1 aliphatic rings. The summed E-state index contributed by atoms with van der Waals surface area (Å²) < 4.78 is 27.9. The maximum atomic E-state index is 12.8. The summed E-state index contributed by atoms with van der Waals surface area (Å²) in [7, 11) is -3.55. The summed E-state index contributed by atoms with van der Waals surface area (Å²) in [5.41, 5.74) is 3.72. The van der Waals surface area contributed by atoms with Crippen LogP contribution in [0.2, 0.25) is 0 Å². The number of piperazine rings is 1. The highest BCUT2D eigenvalue weighted by molar-refractivity contribution is 9.10. The molecule has 0 unspecified atom stereocenters. The molecule has 11 heteroatoms. The summed E-state index contributed by atoms with van der Waals surface area (Å²) in [5, 5.41) is 16.2. The van der Waals surface area contributed by atoms with Gasteiger partial charge in [-0.1, -0.05) is 27.7 Å². The average Bonchev–Trinajstić information content (AvgIpc) is 2.82. The first kappa shape index (κ1) is 26.1. The van der Waals surface area contributed by atoms with E-state index in [9.17, 15) is 18.3 Å². The van der Waals surface area contributed by atoms with Crippen LogP contribution in [0.5, 0.6) is 5.75 Å². The first-order chi connectivity index (χ1) is 16.2. The molecule has 0 bridgehead atoms. The highest BCUT2D eigenvalue weighted by atomic mass is 79.9. The average molecular weight is 552 g/mol. The van der Waals surface area contributed by atoms with Crippen LogP contribution in [0.25, 0.3) is 0 Å². The zero-order chi connectivity index (χ0) is 24.7. The second-order valence-corrected chi connectivity index (χ2v) is 10.8. The Morgan fingerprint density at radius 2 is 1.82 bits per heavy atom. The number of halogens is 1. The van der Waals surface area contributed by atoms with Gasteiger partial charge in [0.1, 0.15) is 0 Å². The van der Waals surface area contributed by atoms with Crippen LogP contribution in [0.3, 0.4) is 0 Å². The lowest BCUT2D eigenvalue weighted by molar-refractivity contribution is -0.895. The van der Waals surface area contributed by atoms with Crippen LogP contribution in [0, 0.1) is 0 Å². The van der Waals surface area contributed by atoms with Crippen molar-refractivity contribution in [1.29, 1.82) is 0 Å². The number of anilines is 1. The number of hydrazone groups is 1. The molecule has 0 atom stereocenters. The molecule has 1 fully saturated rings.